The van der Waals surface area contributed by atoms with Crippen LogP contribution in [0.2, 0.25) is 0 Å². The van der Waals surface area contributed by atoms with Crippen LogP contribution in [0.1, 0.15) is 30.5 Å². The van der Waals surface area contributed by atoms with E-state index in [1.54, 1.807) is 0 Å². The number of hydrogen-bond donors (Lipinski definition) is 0. The minimum Gasteiger partial charge on any atom is -0.489 e. The Bertz CT molecular complexity index is 701. The molecule has 0 aliphatic carbocycles. The van der Waals surface area contributed by atoms with Crippen molar-refractivity contribution in [2.45, 2.75) is 39.5 Å². The molecule has 0 N–H and O–H groups in total. The third-order valence-electron chi connectivity index (χ3n) is 4.09. The molecule has 5 heteroatoms. The summed E-state index contributed by atoms with van der Waals surface area (Å²) in [5.74, 6) is 1.56. The number of nitrogens with zero attached hydrogens (tertiary/aromatic N) is 2. The summed E-state index contributed by atoms with van der Waals surface area (Å²) in [6.07, 6.45) is 0.862. The van der Waals surface area contributed by atoms with E-state index < -0.39 is 0 Å². The van der Waals surface area contributed by atoms with Crippen LogP contribution >= 0.6 is 0 Å². The van der Waals surface area contributed by atoms with Crippen molar-refractivity contribution in [2.75, 3.05) is 6.61 Å². The normalized spacial score (nSPS) is 12.6. The predicted octanol–water partition coefficient (Wildman–Crippen LogP) is 4.09. The Morgan fingerprint density at radius 1 is 1.21 bits per heavy atom. The van der Waals surface area contributed by atoms with Crippen LogP contribution in [0.3, 0.4) is 0 Å². The predicted molar refractivity (Wildman–Crippen MR) is 92.9 cm³/mol. The summed E-state index contributed by atoms with van der Waals surface area (Å²) in [5.41, 5.74) is 3.24. The Morgan fingerprint density at radius 3 is 2.71 bits per heavy atom. The summed E-state index contributed by atoms with van der Waals surface area (Å²) in [6, 6.07) is 14.1. The molecule has 3 rings (SSSR count). The van der Waals surface area contributed by atoms with Gasteiger partial charge in [-0.15, -0.1) is 4.91 Å². The number of rotatable bonds is 7. The fourth-order valence-corrected chi connectivity index (χ4v) is 2.76. The second-order valence-corrected chi connectivity index (χ2v) is 6.23. The Morgan fingerprint density at radius 2 is 2.00 bits per heavy atom. The molecule has 0 fully saturated rings. The maximum Gasteiger partial charge on any atom is 0.164 e. The van der Waals surface area contributed by atoms with Crippen LogP contribution in [0.15, 0.2) is 47.8 Å². The molecule has 0 saturated carbocycles. The van der Waals surface area contributed by atoms with Crippen LogP contribution in [0, 0.1) is 4.91 Å². The van der Waals surface area contributed by atoms with Crippen molar-refractivity contribution in [3.8, 4) is 11.5 Å². The fraction of sp³-hybridized carbons (Fsp3) is 0.368. The van der Waals surface area contributed by atoms with Gasteiger partial charge in [0.2, 0.25) is 0 Å². The highest BCUT2D eigenvalue weighted by atomic mass is 16.5. The molecule has 1 heterocycles. The second kappa shape index (κ2) is 7.34. The lowest BCUT2D eigenvalue weighted by Crippen LogP contribution is -2.24. The molecule has 5 nitrogen and oxygen atoms in total. The van der Waals surface area contributed by atoms with E-state index in [-0.39, 0.29) is 6.04 Å². The summed E-state index contributed by atoms with van der Waals surface area (Å²) in [6.45, 7) is 5.52. The van der Waals surface area contributed by atoms with Crippen molar-refractivity contribution in [1.29, 1.82) is 0 Å². The van der Waals surface area contributed by atoms with Gasteiger partial charge in [-0.25, -0.2) is 0 Å². The third kappa shape index (κ3) is 3.67. The van der Waals surface area contributed by atoms with E-state index >= 15 is 0 Å². The fourth-order valence-electron chi connectivity index (χ4n) is 2.76. The molecule has 0 saturated heterocycles. The molecule has 2 aromatic carbocycles. The van der Waals surface area contributed by atoms with Crippen LogP contribution in [-0.2, 0) is 19.6 Å². The molecule has 0 atom stereocenters. The molecular formula is C19H22N2O3. The Labute approximate surface area is 142 Å². The summed E-state index contributed by atoms with van der Waals surface area (Å²) in [7, 11) is 0. The van der Waals surface area contributed by atoms with E-state index in [4.69, 9.17) is 9.47 Å². The highest BCUT2D eigenvalue weighted by Gasteiger charge is 2.20. The van der Waals surface area contributed by atoms with E-state index in [1.165, 1.54) is 5.01 Å². The zero-order chi connectivity index (χ0) is 16.9. The maximum atomic E-state index is 11.0. The summed E-state index contributed by atoms with van der Waals surface area (Å²) in [5, 5.41) is 4.64. The van der Waals surface area contributed by atoms with Gasteiger partial charge in [-0.2, -0.15) is 0 Å². The standard InChI is InChI=1S/C19H22N2O3/c1-14(2)21(20-22)12-16-10-17-8-9-23-19(17)18(11-16)24-13-15-6-4-3-5-7-15/h3-7,10-11,14H,8-9,12-13H2,1-2H3. The molecular weight excluding hydrogens is 304 g/mol. The first-order valence-corrected chi connectivity index (χ1v) is 8.22. The van der Waals surface area contributed by atoms with Gasteiger partial charge in [0.15, 0.2) is 11.5 Å². The molecule has 0 bridgehead atoms. The second-order valence-electron chi connectivity index (χ2n) is 6.23. The van der Waals surface area contributed by atoms with E-state index in [2.05, 4.69) is 11.4 Å². The first-order valence-electron chi connectivity index (χ1n) is 8.22. The summed E-state index contributed by atoms with van der Waals surface area (Å²) in [4.78, 5) is 11.0. The Kier molecular flexibility index (Phi) is 4.99. The topological polar surface area (TPSA) is 51.1 Å². The zero-order valence-electron chi connectivity index (χ0n) is 14.1. The minimum absolute atomic E-state index is 0.0562. The zero-order valence-corrected chi connectivity index (χ0v) is 14.1. The van der Waals surface area contributed by atoms with Gasteiger partial charge < -0.3 is 9.47 Å². The molecule has 0 aromatic heterocycles. The van der Waals surface area contributed by atoms with Crippen LogP contribution < -0.4 is 9.47 Å². The third-order valence-corrected chi connectivity index (χ3v) is 4.09. The van der Waals surface area contributed by atoms with Gasteiger partial charge >= 0.3 is 0 Å². The lowest BCUT2D eigenvalue weighted by atomic mass is 10.1. The van der Waals surface area contributed by atoms with E-state index in [0.717, 1.165) is 34.6 Å². The van der Waals surface area contributed by atoms with E-state index in [1.807, 2.05) is 50.2 Å². The molecule has 1 aliphatic rings. The SMILES string of the molecule is CC(C)N(Cc1cc2c(c(OCc3ccccc3)c1)OCC2)N=O. The van der Waals surface area contributed by atoms with Crippen LogP contribution in [-0.4, -0.2) is 17.7 Å². The molecule has 126 valence electrons. The average Bonchev–Trinajstić information content (AvgIpc) is 3.06. The van der Waals surface area contributed by atoms with Gasteiger partial charge in [0.25, 0.3) is 0 Å². The largest absolute Gasteiger partial charge is 0.489 e. The Balaban J connectivity index is 1.81. The average molecular weight is 326 g/mol. The number of fused-ring (bicyclic) bond motifs is 1. The number of ether oxygens (including phenoxy) is 2. The quantitative estimate of drug-likeness (QED) is 0.568. The monoisotopic (exact) mass is 326 g/mol. The lowest BCUT2D eigenvalue weighted by Gasteiger charge is -2.20. The molecule has 0 spiro atoms. The van der Waals surface area contributed by atoms with Crippen molar-refractivity contribution >= 4 is 0 Å². The van der Waals surface area contributed by atoms with Crippen LogP contribution in [0.5, 0.6) is 11.5 Å². The van der Waals surface area contributed by atoms with Gasteiger partial charge in [-0.05, 0) is 37.1 Å². The van der Waals surface area contributed by atoms with E-state index in [0.29, 0.717) is 19.8 Å². The summed E-state index contributed by atoms with van der Waals surface area (Å²) < 4.78 is 11.7. The van der Waals surface area contributed by atoms with Crippen molar-refractivity contribution in [3.05, 3.63) is 64.1 Å². The van der Waals surface area contributed by atoms with Gasteiger partial charge in [-0.1, -0.05) is 30.3 Å². The molecule has 1 aliphatic heterocycles. The van der Waals surface area contributed by atoms with Crippen LogP contribution in [0.25, 0.3) is 0 Å². The maximum absolute atomic E-state index is 11.0. The van der Waals surface area contributed by atoms with Gasteiger partial charge in [0.1, 0.15) is 6.61 Å². The van der Waals surface area contributed by atoms with Crippen LogP contribution in [0.4, 0.5) is 0 Å². The highest BCUT2D eigenvalue weighted by molar-refractivity contribution is 5.51. The van der Waals surface area contributed by atoms with Gasteiger partial charge in [0, 0.05) is 18.0 Å². The Hall–Kier alpha value is -2.56. The first kappa shape index (κ1) is 16.3. The molecule has 2 aromatic rings. The number of hydrogen-bond acceptors (Lipinski definition) is 4. The van der Waals surface area contributed by atoms with E-state index in [9.17, 15) is 4.91 Å². The van der Waals surface area contributed by atoms with Gasteiger partial charge in [0.05, 0.1) is 18.4 Å². The lowest BCUT2D eigenvalue weighted by molar-refractivity contribution is 0.219. The number of benzene rings is 2. The first-order chi connectivity index (χ1) is 11.7. The highest BCUT2D eigenvalue weighted by Crippen LogP contribution is 2.37. The molecule has 0 radical (unpaired) electrons. The number of nitroso groups, excluding NO2 is 1. The molecule has 0 unspecified atom stereocenters. The van der Waals surface area contributed by atoms with Gasteiger partial charge in [-0.3, -0.25) is 5.01 Å². The van der Waals surface area contributed by atoms with Crippen molar-refractivity contribution < 1.29 is 9.47 Å². The summed E-state index contributed by atoms with van der Waals surface area (Å²) >= 11 is 0. The minimum atomic E-state index is 0.0562. The smallest absolute Gasteiger partial charge is 0.164 e. The molecule has 0 amide bonds. The van der Waals surface area contributed by atoms with Crippen molar-refractivity contribution in [2.24, 2.45) is 5.29 Å². The van der Waals surface area contributed by atoms with Crippen molar-refractivity contribution in [1.82, 2.24) is 5.01 Å². The molecule has 24 heavy (non-hydrogen) atoms. The van der Waals surface area contributed by atoms with Crippen molar-refractivity contribution in [3.63, 3.8) is 0 Å².